The third-order valence-corrected chi connectivity index (χ3v) is 11.5. The molecule has 0 saturated heterocycles. The van der Waals surface area contributed by atoms with Gasteiger partial charge in [-0.2, -0.15) is 0 Å². The van der Waals surface area contributed by atoms with Gasteiger partial charge in [-0.25, -0.2) is 0 Å². The zero-order valence-corrected chi connectivity index (χ0v) is 31.7. The molecule has 0 atom stereocenters. The molecule has 0 unspecified atom stereocenters. The summed E-state index contributed by atoms with van der Waals surface area (Å²) in [5, 5.41) is 7.06. The molecule has 0 spiro atoms. The Morgan fingerprint density at radius 1 is 0.293 bits per heavy atom. The third-order valence-electron chi connectivity index (χ3n) is 11.5. The highest BCUT2D eigenvalue weighted by atomic mass is 16.3. The number of hydrogen-bond acceptors (Lipinski definition) is 2. The molecule has 1 heterocycles. The second-order valence-electron chi connectivity index (χ2n) is 14.9. The smallest absolute Gasteiger partial charge is 0.143 e. The van der Waals surface area contributed by atoms with Gasteiger partial charge in [0.15, 0.2) is 0 Å². The molecule has 272 valence electrons. The van der Waals surface area contributed by atoms with Crippen LogP contribution in [0, 0.1) is 0 Å². The lowest BCUT2D eigenvalue weighted by molar-refractivity contribution is 0.673. The average Bonchev–Trinajstić information content (AvgIpc) is 3.70. The van der Waals surface area contributed by atoms with Gasteiger partial charge in [0.1, 0.15) is 11.2 Å². The van der Waals surface area contributed by atoms with Crippen molar-refractivity contribution in [1.82, 2.24) is 0 Å². The Labute approximate surface area is 337 Å². The molecule has 0 N–H and O–H groups in total. The molecule has 2 heteroatoms. The molecular weight excluding hydrogens is 703 g/mol. The van der Waals surface area contributed by atoms with E-state index in [2.05, 4.69) is 229 Å². The van der Waals surface area contributed by atoms with Crippen molar-refractivity contribution in [3.63, 3.8) is 0 Å². The highest BCUT2D eigenvalue weighted by molar-refractivity contribution is 6.19. The normalized spacial score (nSPS) is 11.4. The summed E-state index contributed by atoms with van der Waals surface area (Å²) in [6, 6.07) is 80.6. The Bertz CT molecular complexity index is 3260. The number of hydrogen-bond donors (Lipinski definition) is 0. The summed E-state index contributed by atoms with van der Waals surface area (Å²) in [6.07, 6.45) is 0. The van der Waals surface area contributed by atoms with Crippen LogP contribution in [0.25, 0.3) is 88.0 Å². The first-order chi connectivity index (χ1) is 28.7. The summed E-state index contributed by atoms with van der Waals surface area (Å²) in [4.78, 5) is 2.36. The molecule has 11 rings (SSSR count). The van der Waals surface area contributed by atoms with Crippen molar-refractivity contribution in [2.45, 2.75) is 0 Å². The second-order valence-corrected chi connectivity index (χ2v) is 14.9. The van der Waals surface area contributed by atoms with E-state index in [4.69, 9.17) is 4.42 Å². The number of nitrogens with zero attached hydrogens (tertiary/aromatic N) is 1. The monoisotopic (exact) mass is 739 g/mol. The lowest BCUT2D eigenvalue weighted by Gasteiger charge is -2.26. The summed E-state index contributed by atoms with van der Waals surface area (Å²) < 4.78 is 6.59. The molecule has 0 aliphatic carbocycles. The van der Waals surface area contributed by atoms with Gasteiger partial charge in [-0.15, -0.1) is 0 Å². The van der Waals surface area contributed by atoms with Crippen LogP contribution in [0.5, 0.6) is 0 Å². The summed E-state index contributed by atoms with van der Waals surface area (Å²) in [7, 11) is 0. The molecule has 11 aromatic rings. The van der Waals surface area contributed by atoms with Crippen LogP contribution in [0.15, 0.2) is 229 Å². The van der Waals surface area contributed by atoms with E-state index in [0.717, 1.165) is 55.5 Å². The van der Waals surface area contributed by atoms with Gasteiger partial charge in [0, 0.05) is 33.2 Å². The van der Waals surface area contributed by atoms with Crippen LogP contribution in [0.3, 0.4) is 0 Å². The van der Waals surface area contributed by atoms with Gasteiger partial charge in [0.05, 0.1) is 0 Å². The lowest BCUT2D eigenvalue weighted by Crippen LogP contribution is -2.10. The highest BCUT2D eigenvalue weighted by Gasteiger charge is 2.18. The minimum atomic E-state index is 0.891. The van der Waals surface area contributed by atoms with Crippen LogP contribution in [-0.4, -0.2) is 0 Å². The van der Waals surface area contributed by atoms with Gasteiger partial charge in [-0.3, -0.25) is 0 Å². The van der Waals surface area contributed by atoms with Crippen LogP contribution >= 0.6 is 0 Å². The maximum atomic E-state index is 6.59. The standard InChI is InChI=1S/C56H37NO/c1-2-12-38(13-3-1)43-17-8-18-44(36-43)39-26-31-46(32-27-39)57(47-33-28-42(29-34-47)50-23-10-16-40-14-4-6-21-49(40)50)48-20-9-19-45(37-48)51-24-11-25-54-55(51)53-35-30-41-15-5-7-22-52(41)56(53)58-54/h1-37H. The lowest BCUT2D eigenvalue weighted by atomic mass is 9.97. The number of furan rings is 1. The molecule has 0 aliphatic heterocycles. The van der Waals surface area contributed by atoms with E-state index in [1.54, 1.807) is 0 Å². The fourth-order valence-corrected chi connectivity index (χ4v) is 8.63. The van der Waals surface area contributed by atoms with E-state index in [1.807, 2.05) is 0 Å². The largest absolute Gasteiger partial charge is 0.455 e. The van der Waals surface area contributed by atoms with Crippen molar-refractivity contribution in [3.05, 3.63) is 224 Å². The second kappa shape index (κ2) is 14.1. The summed E-state index contributed by atoms with van der Waals surface area (Å²) in [6.45, 7) is 0. The fraction of sp³-hybridized carbons (Fsp3) is 0. The molecule has 2 nitrogen and oxygen atoms in total. The first-order valence-electron chi connectivity index (χ1n) is 19.8. The summed E-state index contributed by atoms with van der Waals surface area (Å²) in [5.74, 6) is 0. The first kappa shape index (κ1) is 33.6. The van der Waals surface area contributed by atoms with Gasteiger partial charge in [-0.1, -0.05) is 170 Å². The van der Waals surface area contributed by atoms with E-state index < -0.39 is 0 Å². The van der Waals surface area contributed by atoms with Crippen molar-refractivity contribution in [2.24, 2.45) is 0 Å². The van der Waals surface area contributed by atoms with Crippen molar-refractivity contribution >= 4 is 60.5 Å². The Kier molecular flexibility index (Phi) is 8.19. The molecule has 0 amide bonds. The van der Waals surface area contributed by atoms with Crippen LogP contribution in [0.2, 0.25) is 0 Å². The van der Waals surface area contributed by atoms with Gasteiger partial charge >= 0.3 is 0 Å². The van der Waals surface area contributed by atoms with Gasteiger partial charge in [-0.05, 0) is 115 Å². The predicted octanol–water partition coefficient (Wildman–Crippen LogP) is 16.0. The average molecular weight is 740 g/mol. The number of fused-ring (bicyclic) bond motifs is 6. The van der Waals surface area contributed by atoms with Gasteiger partial charge in [0.2, 0.25) is 0 Å². The third kappa shape index (κ3) is 5.91. The molecular formula is C56H37NO. The minimum absolute atomic E-state index is 0.891. The van der Waals surface area contributed by atoms with Crippen LogP contribution < -0.4 is 4.90 Å². The van der Waals surface area contributed by atoms with Crippen LogP contribution in [0.1, 0.15) is 0 Å². The highest BCUT2D eigenvalue weighted by Crippen LogP contribution is 2.43. The number of benzene rings is 10. The maximum Gasteiger partial charge on any atom is 0.143 e. The molecule has 0 bridgehead atoms. The van der Waals surface area contributed by atoms with E-state index in [1.165, 1.54) is 49.5 Å². The molecule has 10 aromatic carbocycles. The molecule has 0 saturated carbocycles. The topological polar surface area (TPSA) is 16.4 Å². The van der Waals surface area contributed by atoms with Crippen LogP contribution in [-0.2, 0) is 0 Å². The Morgan fingerprint density at radius 3 is 1.62 bits per heavy atom. The van der Waals surface area contributed by atoms with Crippen molar-refractivity contribution < 1.29 is 4.42 Å². The Morgan fingerprint density at radius 2 is 0.845 bits per heavy atom. The maximum absolute atomic E-state index is 6.59. The molecule has 0 fully saturated rings. The summed E-state index contributed by atoms with van der Waals surface area (Å²) in [5.41, 5.74) is 14.5. The fourth-order valence-electron chi connectivity index (χ4n) is 8.63. The molecule has 1 aromatic heterocycles. The summed E-state index contributed by atoms with van der Waals surface area (Å²) >= 11 is 0. The predicted molar refractivity (Wildman–Crippen MR) is 245 cm³/mol. The van der Waals surface area contributed by atoms with Crippen molar-refractivity contribution in [2.75, 3.05) is 4.90 Å². The van der Waals surface area contributed by atoms with E-state index in [0.29, 0.717) is 0 Å². The van der Waals surface area contributed by atoms with Crippen LogP contribution in [0.4, 0.5) is 17.1 Å². The molecule has 58 heavy (non-hydrogen) atoms. The van der Waals surface area contributed by atoms with E-state index in [-0.39, 0.29) is 0 Å². The number of anilines is 3. The zero-order valence-electron chi connectivity index (χ0n) is 31.7. The van der Waals surface area contributed by atoms with E-state index >= 15 is 0 Å². The zero-order chi connectivity index (χ0) is 38.4. The molecule has 0 aliphatic rings. The van der Waals surface area contributed by atoms with Gasteiger partial charge < -0.3 is 9.32 Å². The van der Waals surface area contributed by atoms with Crippen molar-refractivity contribution in [3.8, 4) is 44.5 Å². The SMILES string of the molecule is c1ccc(-c2cccc(-c3ccc(N(c4ccc(-c5cccc6ccccc56)cc4)c4cccc(-c5cccc6oc7c8ccccc8ccc7c56)c4)cc3)c2)cc1. The van der Waals surface area contributed by atoms with Gasteiger partial charge in [0.25, 0.3) is 0 Å². The van der Waals surface area contributed by atoms with Crippen molar-refractivity contribution in [1.29, 1.82) is 0 Å². The molecule has 0 radical (unpaired) electrons. The minimum Gasteiger partial charge on any atom is -0.455 e. The first-order valence-corrected chi connectivity index (χ1v) is 19.8. The quantitative estimate of drug-likeness (QED) is 0.162. The Balaban J connectivity index is 1.03. The van der Waals surface area contributed by atoms with E-state index in [9.17, 15) is 0 Å². The Hall–Kier alpha value is -7.68. The number of rotatable bonds is 7.